The maximum Gasteiger partial charge on any atom is 0.138 e. The first-order valence-electron chi connectivity index (χ1n) is 4.66. The Labute approximate surface area is 111 Å². The molecule has 0 aliphatic heterocycles. The summed E-state index contributed by atoms with van der Waals surface area (Å²) in [4.78, 5) is 5.33. The summed E-state index contributed by atoms with van der Waals surface area (Å²) in [5.41, 5.74) is 0.855. The Morgan fingerprint density at radius 2 is 2.19 bits per heavy atom. The van der Waals surface area contributed by atoms with E-state index in [1.807, 2.05) is 24.3 Å². The molecule has 0 saturated heterocycles. The third-order valence-corrected chi connectivity index (χ3v) is 3.82. The van der Waals surface area contributed by atoms with Crippen LogP contribution in [0.15, 0.2) is 34.2 Å². The zero-order valence-electron chi connectivity index (χ0n) is 8.32. The van der Waals surface area contributed by atoms with E-state index in [-0.39, 0.29) is 0 Å². The first-order valence-corrected chi connectivity index (χ1v) is 6.80. The maximum absolute atomic E-state index is 5.65. The number of ether oxygens (including phenoxy) is 1. The van der Waals surface area contributed by atoms with Gasteiger partial charge >= 0.3 is 0 Å². The minimum atomic E-state index is 0.429. The fourth-order valence-electron chi connectivity index (χ4n) is 1.16. The van der Waals surface area contributed by atoms with Crippen molar-refractivity contribution in [2.45, 2.75) is 12.5 Å². The molecule has 84 valence electrons. The van der Waals surface area contributed by atoms with E-state index in [0.717, 1.165) is 15.2 Å². The number of thiophene rings is 1. The molecule has 16 heavy (non-hydrogen) atoms. The molecule has 0 bridgehead atoms. The molecule has 0 aliphatic rings. The summed E-state index contributed by atoms with van der Waals surface area (Å²) in [7, 11) is 0. The van der Waals surface area contributed by atoms with Gasteiger partial charge in [0.15, 0.2) is 0 Å². The van der Waals surface area contributed by atoms with E-state index in [1.54, 1.807) is 17.5 Å². The normalized spacial score (nSPS) is 10.4. The average molecular weight is 319 g/mol. The summed E-state index contributed by atoms with van der Waals surface area (Å²) in [6.45, 7) is 0.568. The van der Waals surface area contributed by atoms with Crippen LogP contribution in [0.3, 0.4) is 0 Å². The van der Waals surface area contributed by atoms with Crippen LogP contribution in [0.2, 0.25) is 0 Å². The van der Waals surface area contributed by atoms with Crippen molar-refractivity contribution < 1.29 is 4.74 Å². The summed E-state index contributed by atoms with van der Waals surface area (Å²) >= 11 is 10.7. The molecule has 0 unspecified atom stereocenters. The van der Waals surface area contributed by atoms with Crippen LogP contribution in [0.25, 0.3) is 0 Å². The zero-order valence-corrected chi connectivity index (χ0v) is 11.5. The van der Waals surface area contributed by atoms with Crippen LogP contribution in [0.4, 0.5) is 0 Å². The molecule has 0 spiro atoms. The Kier molecular flexibility index (Phi) is 4.21. The van der Waals surface area contributed by atoms with Crippen LogP contribution in [-0.4, -0.2) is 4.98 Å². The van der Waals surface area contributed by atoms with E-state index in [4.69, 9.17) is 16.3 Å². The van der Waals surface area contributed by atoms with E-state index in [2.05, 4.69) is 20.9 Å². The molecule has 0 atom stereocenters. The van der Waals surface area contributed by atoms with Gasteiger partial charge in [0, 0.05) is 4.88 Å². The predicted molar refractivity (Wildman–Crippen MR) is 70.1 cm³/mol. The molecule has 0 aromatic carbocycles. The quantitative estimate of drug-likeness (QED) is 0.787. The molecule has 0 aliphatic carbocycles. The monoisotopic (exact) mass is 317 g/mol. The highest BCUT2D eigenvalue weighted by Gasteiger charge is 2.00. The minimum Gasteiger partial charge on any atom is -0.486 e. The summed E-state index contributed by atoms with van der Waals surface area (Å²) in [6.07, 6.45) is 1.69. The lowest BCUT2D eigenvalue weighted by Crippen LogP contribution is -1.94. The lowest BCUT2D eigenvalue weighted by Gasteiger charge is -2.04. The second-order valence-electron chi connectivity index (χ2n) is 3.11. The fraction of sp³-hybridized carbons (Fsp3) is 0.182. The minimum absolute atomic E-state index is 0.429. The van der Waals surface area contributed by atoms with Crippen molar-refractivity contribution in [3.05, 3.63) is 44.8 Å². The molecular formula is C11H9BrClNOS. The zero-order chi connectivity index (χ0) is 11.4. The second kappa shape index (κ2) is 5.66. The summed E-state index contributed by atoms with van der Waals surface area (Å²) in [5, 5.41) is 0. The highest BCUT2D eigenvalue weighted by atomic mass is 79.9. The Morgan fingerprint density at radius 1 is 1.31 bits per heavy atom. The van der Waals surface area contributed by atoms with Crippen LogP contribution in [-0.2, 0) is 12.5 Å². The molecule has 0 radical (unpaired) electrons. The van der Waals surface area contributed by atoms with Gasteiger partial charge in [-0.1, -0.05) is 0 Å². The van der Waals surface area contributed by atoms with Crippen LogP contribution in [0.1, 0.15) is 10.6 Å². The topological polar surface area (TPSA) is 22.1 Å². The van der Waals surface area contributed by atoms with E-state index >= 15 is 0 Å². The maximum atomic E-state index is 5.65. The van der Waals surface area contributed by atoms with Gasteiger partial charge in [0.25, 0.3) is 0 Å². The summed E-state index contributed by atoms with van der Waals surface area (Å²) in [6, 6.07) is 7.80. The van der Waals surface area contributed by atoms with Crippen molar-refractivity contribution in [1.29, 1.82) is 0 Å². The first kappa shape index (κ1) is 11.9. The van der Waals surface area contributed by atoms with Crippen LogP contribution in [0, 0.1) is 0 Å². The summed E-state index contributed by atoms with van der Waals surface area (Å²) in [5.74, 6) is 1.19. The number of alkyl halides is 1. The molecule has 0 N–H and O–H groups in total. The Morgan fingerprint density at radius 3 is 2.75 bits per heavy atom. The van der Waals surface area contributed by atoms with Crippen molar-refractivity contribution in [1.82, 2.24) is 4.98 Å². The Bertz CT molecular complexity index is 457. The summed E-state index contributed by atoms with van der Waals surface area (Å²) < 4.78 is 6.70. The lowest BCUT2D eigenvalue weighted by molar-refractivity contribution is 0.308. The van der Waals surface area contributed by atoms with Crippen LogP contribution < -0.4 is 4.74 Å². The highest BCUT2D eigenvalue weighted by Crippen LogP contribution is 2.23. The van der Waals surface area contributed by atoms with Crippen LogP contribution in [0.5, 0.6) is 5.75 Å². The second-order valence-corrected chi connectivity index (χ2v) is 5.93. The van der Waals surface area contributed by atoms with Gasteiger partial charge in [0.1, 0.15) is 12.4 Å². The fourth-order valence-corrected chi connectivity index (χ4v) is 2.71. The molecule has 5 heteroatoms. The number of pyridine rings is 1. The first-order chi connectivity index (χ1) is 7.78. The molecule has 0 fully saturated rings. The SMILES string of the molecule is ClCc1ccc(OCc2ccc(Br)s2)cn1. The van der Waals surface area contributed by atoms with Crippen molar-refractivity contribution in [3.8, 4) is 5.75 Å². The number of nitrogens with zero attached hydrogens (tertiary/aromatic N) is 1. The van der Waals surface area contributed by atoms with Crippen molar-refractivity contribution in [2.24, 2.45) is 0 Å². The third-order valence-electron chi connectivity index (χ3n) is 1.94. The van der Waals surface area contributed by atoms with Crippen molar-refractivity contribution in [2.75, 3.05) is 0 Å². The number of hydrogen-bond donors (Lipinski definition) is 0. The highest BCUT2D eigenvalue weighted by molar-refractivity contribution is 9.11. The van der Waals surface area contributed by atoms with Gasteiger partial charge in [0.05, 0.1) is 21.6 Å². The van der Waals surface area contributed by atoms with E-state index in [0.29, 0.717) is 12.5 Å². The largest absolute Gasteiger partial charge is 0.486 e. The van der Waals surface area contributed by atoms with Gasteiger partial charge in [-0.3, -0.25) is 4.98 Å². The van der Waals surface area contributed by atoms with Gasteiger partial charge in [0.2, 0.25) is 0 Å². The molecule has 0 saturated carbocycles. The van der Waals surface area contributed by atoms with E-state index < -0.39 is 0 Å². The van der Waals surface area contributed by atoms with Gasteiger partial charge in [-0.05, 0) is 40.2 Å². The molecule has 2 heterocycles. The van der Waals surface area contributed by atoms with Gasteiger partial charge in [-0.25, -0.2) is 0 Å². The number of halogens is 2. The standard InChI is InChI=1S/C11H9BrClNOS/c12-11-4-3-10(16-11)7-15-9-2-1-8(5-13)14-6-9/h1-4,6H,5,7H2. The molecule has 0 amide bonds. The average Bonchev–Trinajstić information content (AvgIpc) is 2.73. The van der Waals surface area contributed by atoms with Gasteiger partial charge in [-0.15, -0.1) is 22.9 Å². The molecule has 2 nitrogen and oxygen atoms in total. The van der Waals surface area contributed by atoms with Crippen molar-refractivity contribution >= 4 is 38.9 Å². The lowest BCUT2D eigenvalue weighted by atomic mass is 10.4. The Balaban J connectivity index is 1.94. The number of rotatable bonds is 4. The van der Waals surface area contributed by atoms with Gasteiger partial charge < -0.3 is 4.74 Å². The van der Waals surface area contributed by atoms with E-state index in [9.17, 15) is 0 Å². The van der Waals surface area contributed by atoms with Crippen molar-refractivity contribution in [3.63, 3.8) is 0 Å². The van der Waals surface area contributed by atoms with Crippen LogP contribution >= 0.6 is 38.9 Å². The third kappa shape index (κ3) is 3.20. The molecule has 2 rings (SSSR count). The number of hydrogen-bond acceptors (Lipinski definition) is 3. The molecule has 2 aromatic rings. The smallest absolute Gasteiger partial charge is 0.138 e. The molecular weight excluding hydrogens is 310 g/mol. The van der Waals surface area contributed by atoms with E-state index in [1.165, 1.54) is 4.88 Å². The number of aromatic nitrogens is 1. The predicted octanol–water partition coefficient (Wildman–Crippen LogP) is 4.22. The Hall–Kier alpha value is -0.580. The van der Waals surface area contributed by atoms with Gasteiger partial charge in [-0.2, -0.15) is 0 Å². The molecule has 2 aromatic heterocycles.